The molecule has 0 unspecified atom stereocenters. The largest absolute Gasteiger partial charge is 0.490 e. The van der Waals surface area contributed by atoms with Gasteiger partial charge >= 0.3 is 6.18 Å². The summed E-state index contributed by atoms with van der Waals surface area (Å²) in [6, 6.07) is 22.9. The molecule has 1 aromatic heterocycles. The van der Waals surface area contributed by atoms with E-state index in [0.29, 0.717) is 35.8 Å². The molecule has 0 fully saturated rings. The lowest BCUT2D eigenvalue weighted by atomic mass is 10.1. The second-order valence-electron chi connectivity index (χ2n) is 9.43. The van der Waals surface area contributed by atoms with Gasteiger partial charge in [-0.1, -0.05) is 54.1 Å². The van der Waals surface area contributed by atoms with Crippen LogP contribution in [0.2, 0.25) is 0 Å². The van der Waals surface area contributed by atoms with Crippen LogP contribution in [0.25, 0.3) is 22.3 Å². The van der Waals surface area contributed by atoms with E-state index in [-0.39, 0.29) is 16.8 Å². The van der Waals surface area contributed by atoms with E-state index in [1.807, 2.05) is 44.2 Å². The third kappa shape index (κ3) is 6.48. The highest BCUT2D eigenvalue weighted by Crippen LogP contribution is 2.35. The predicted molar refractivity (Wildman–Crippen MR) is 165 cm³/mol. The lowest BCUT2D eigenvalue weighted by molar-refractivity contribution is -0.137. The van der Waals surface area contributed by atoms with Crippen molar-refractivity contribution in [1.29, 1.82) is 0 Å². The second-order valence-corrected chi connectivity index (χ2v) is 10.6. The number of fused-ring (bicyclic) bond motifs is 1. The highest BCUT2D eigenvalue weighted by molar-refractivity contribution is 14.1. The van der Waals surface area contributed by atoms with Gasteiger partial charge in [-0.2, -0.15) is 22.9 Å². The van der Waals surface area contributed by atoms with Crippen molar-refractivity contribution in [1.82, 2.24) is 9.66 Å². The minimum absolute atomic E-state index is 0.0149. The van der Waals surface area contributed by atoms with E-state index in [4.69, 9.17) is 9.47 Å². The number of benzene rings is 4. The van der Waals surface area contributed by atoms with Gasteiger partial charge in [0, 0.05) is 5.56 Å². The van der Waals surface area contributed by atoms with Crippen molar-refractivity contribution in [3.8, 4) is 22.9 Å². The first kappa shape index (κ1) is 29.3. The zero-order valence-corrected chi connectivity index (χ0v) is 24.8. The fraction of sp³-hybridized carbons (Fsp3) is 0.156. The van der Waals surface area contributed by atoms with Gasteiger partial charge in [0.15, 0.2) is 17.3 Å². The fourth-order valence-corrected chi connectivity index (χ4v) is 5.18. The Morgan fingerprint density at radius 3 is 2.52 bits per heavy atom. The molecule has 0 spiro atoms. The van der Waals surface area contributed by atoms with Crippen LogP contribution in [0.15, 0.2) is 94.8 Å². The van der Waals surface area contributed by atoms with Crippen LogP contribution in [0.4, 0.5) is 13.2 Å². The molecule has 5 rings (SSSR count). The lowest BCUT2D eigenvalue weighted by Crippen LogP contribution is -2.20. The zero-order chi connectivity index (χ0) is 29.9. The van der Waals surface area contributed by atoms with Crippen LogP contribution in [-0.2, 0) is 12.8 Å². The van der Waals surface area contributed by atoms with Crippen LogP contribution in [0, 0.1) is 10.5 Å². The molecular weight excluding hydrogens is 658 g/mol. The van der Waals surface area contributed by atoms with Gasteiger partial charge in [0.2, 0.25) is 0 Å². The molecule has 6 nitrogen and oxygen atoms in total. The molecular formula is C32H25F3IN3O3. The Morgan fingerprint density at radius 2 is 1.76 bits per heavy atom. The van der Waals surface area contributed by atoms with E-state index < -0.39 is 17.3 Å². The van der Waals surface area contributed by atoms with E-state index >= 15 is 0 Å². The number of halogens is 4. The number of nitrogens with zero attached hydrogens (tertiary/aromatic N) is 3. The summed E-state index contributed by atoms with van der Waals surface area (Å²) in [5.41, 5.74) is 1.84. The number of aryl methyl sites for hydroxylation is 1. The van der Waals surface area contributed by atoms with E-state index in [1.54, 1.807) is 30.3 Å². The number of ether oxygens (including phenoxy) is 2. The van der Waals surface area contributed by atoms with E-state index in [9.17, 15) is 18.0 Å². The van der Waals surface area contributed by atoms with Gasteiger partial charge in [-0.25, -0.2) is 4.98 Å². The molecule has 0 aliphatic carbocycles. The first-order valence-corrected chi connectivity index (χ1v) is 14.1. The number of aromatic nitrogens is 2. The molecule has 0 atom stereocenters. The summed E-state index contributed by atoms with van der Waals surface area (Å²) in [5, 5.41) is 4.69. The molecule has 0 saturated carbocycles. The molecule has 0 bridgehead atoms. The predicted octanol–water partition coefficient (Wildman–Crippen LogP) is 7.86. The molecule has 0 aliphatic rings. The third-order valence-electron chi connectivity index (χ3n) is 6.32. The average molecular weight is 683 g/mol. The van der Waals surface area contributed by atoms with E-state index in [0.717, 1.165) is 31.5 Å². The van der Waals surface area contributed by atoms with Crippen molar-refractivity contribution in [2.24, 2.45) is 5.10 Å². The summed E-state index contributed by atoms with van der Waals surface area (Å²) in [7, 11) is 0. The van der Waals surface area contributed by atoms with Crippen molar-refractivity contribution in [2.45, 2.75) is 26.6 Å². The van der Waals surface area contributed by atoms with Crippen LogP contribution in [-0.4, -0.2) is 22.5 Å². The number of alkyl halides is 3. The van der Waals surface area contributed by atoms with Crippen molar-refractivity contribution in [3.05, 3.63) is 121 Å². The van der Waals surface area contributed by atoms with Gasteiger partial charge < -0.3 is 9.47 Å². The van der Waals surface area contributed by atoms with Crippen molar-refractivity contribution in [2.75, 3.05) is 6.61 Å². The summed E-state index contributed by atoms with van der Waals surface area (Å²) in [5.74, 6) is 1.06. The molecule has 0 amide bonds. The fourth-order valence-electron chi connectivity index (χ4n) is 4.40. The monoisotopic (exact) mass is 683 g/mol. The van der Waals surface area contributed by atoms with Gasteiger partial charge in [-0.05, 0) is 84.0 Å². The lowest BCUT2D eigenvalue weighted by Gasteiger charge is -2.15. The number of hydrogen-bond acceptors (Lipinski definition) is 5. The molecule has 5 aromatic rings. The standard InChI is InChI=1S/C32H25F3IN3O3/c1-3-41-28-16-22(15-26(36)29(28)42-19-21-9-6-8-20(2)14-21)18-37-39-30(23-10-7-11-24(17-23)32(33,34)35)38-27-13-5-4-12-25(27)31(39)40/h4-18H,3,19H2,1-2H3. The molecule has 0 saturated heterocycles. The maximum Gasteiger partial charge on any atom is 0.416 e. The van der Waals surface area contributed by atoms with Crippen molar-refractivity contribution >= 4 is 39.7 Å². The number of hydrogen-bond donors (Lipinski definition) is 0. The van der Waals surface area contributed by atoms with E-state index in [1.165, 1.54) is 18.3 Å². The highest BCUT2D eigenvalue weighted by atomic mass is 127. The summed E-state index contributed by atoms with van der Waals surface area (Å²) >= 11 is 2.15. The van der Waals surface area contributed by atoms with Gasteiger partial charge in [-0.15, -0.1) is 0 Å². The van der Waals surface area contributed by atoms with Gasteiger partial charge in [0.25, 0.3) is 5.56 Å². The molecule has 0 radical (unpaired) electrons. The Labute approximate surface area is 253 Å². The minimum atomic E-state index is -4.56. The van der Waals surface area contributed by atoms with Crippen molar-refractivity contribution in [3.63, 3.8) is 0 Å². The van der Waals surface area contributed by atoms with Gasteiger partial charge in [0.05, 0.1) is 32.9 Å². The second kappa shape index (κ2) is 12.4. The van der Waals surface area contributed by atoms with Gasteiger partial charge in [0.1, 0.15) is 6.61 Å². The molecule has 4 aromatic carbocycles. The summed E-state index contributed by atoms with van der Waals surface area (Å²) < 4.78 is 54.2. The van der Waals surface area contributed by atoms with Crippen LogP contribution >= 0.6 is 22.6 Å². The third-order valence-corrected chi connectivity index (χ3v) is 7.12. The van der Waals surface area contributed by atoms with E-state index in [2.05, 4.69) is 32.7 Å². The summed E-state index contributed by atoms with van der Waals surface area (Å²) in [6.45, 7) is 4.62. The minimum Gasteiger partial charge on any atom is -0.490 e. The molecule has 0 N–H and O–H groups in total. The quantitative estimate of drug-likeness (QED) is 0.124. The smallest absolute Gasteiger partial charge is 0.416 e. The molecule has 42 heavy (non-hydrogen) atoms. The Morgan fingerprint density at radius 1 is 0.976 bits per heavy atom. The Balaban J connectivity index is 1.56. The Hall–Kier alpha value is -4.19. The first-order valence-electron chi connectivity index (χ1n) is 13.0. The average Bonchev–Trinajstić information content (AvgIpc) is 2.96. The van der Waals surface area contributed by atoms with Crippen LogP contribution in [0.1, 0.15) is 29.2 Å². The Bertz CT molecular complexity index is 1850. The molecule has 0 aliphatic heterocycles. The van der Waals surface area contributed by atoms with Crippen LogP contribution in [0.3, 0.4) is 0 Å². The Kier molecular flexibility index (Phi) is 8.62. The number of para-hydroxylation sites is 1. The SMILES string of the molecule is CCOc1cc(C=Nn2c(-c3cccc(C(F)(F)F)c3)nc3ccccc3c2=O)cc(I)c1OCc1cccc(C)c1. The van der Waals surface area contributed by atoms with Crippen molar-refractivity contribution < 1.29 is 22.6 Å². The molecule has 214 valence electrons. The summed E-state index contributed by atoms with van der Waals surface area (Å²) in [6.07, 6.45) is -3.11. The first-order chi connectivity index (χ1) is 20.1. The van der Waals surface area contributed by atoms with Gasteiger partial charge in [-0.3, -0.25) is 4.79 Å². The topological polar surface area (TPSA) is 65.7 Å². The highest BCUT2D eigenvalue weighted by Gasteiger charge is 2.31. The summed E-state index contributed by atoms with van der Waals surface area (Å²) in [4.78, 5) is 18.0. The maximum absolute atomic E-state index is 13.5. The maximum atomic E-state index is 13.5. The molecule has 10 heteroatoms. The molecule has 1 heterocycles. The zero-order valence-electron chi connectivity index (χ0n) is 22.7. The normalized spacial score (nSPS) is 11.8. The van der Waals surface area contributed by atoms with Crippen LogP contribution < -0.4 is 15.0 Å². The number of rotatable bonds is 8. The van der Waals surface area contributed by atoms with Crippen LogP contribution in [0.5, 0.6) is 11.5 Å².